The highest BCUT2D eigenvalue weighted by atomic mass is 16.6. The van der Waals surface area contributed by atoms with Crippen LogP contribution in [0.25, 0.3) is 22.2 Å². The second-order valence-corrected chi connectivity index (χ2v) is 6.59. The standard InChI is InChI=1S/C22H19N3O2/c26-20(13-17-4-2-12-23-15-17)5-1-3-16-6-8-18(9-7-16)19-10-11-21-22(14-19)25-27-24-21/h2,4,6-12,14-15H,1,3,5,13H2. The van der Waals surface area contributed by atoms with Gasteiger partial charge >= 0.3 is 0 Å². The number of aromatic nitrogens is 3. The van der Waals surface area contributed by atoms with Gasteiger partial charge in [0.25, 0.3) is 0 Å². The Bertz CT molecular complexity index is 1040. The molecule has 2 aromatic heterocycles. The first-order chi connectivity index (χ1) is 13.3. The predicted octanol–water partition coefficient (Wildman–Crippen LogP) is 4.42. The van der Waals surface area contributed by atoms with Crippen LogP contribution < -0.4 is 0 Å². The second-order valence-electron chi connectivity index (χ2n) is 6.59. The number of Topliss-reactive ketones (excluding diaryl/α,β-unsaturated/α-hetero) is 1. The molecular formula is C22H19N3O2. The average molecular weight is 357 g/mol. The number of rotatable bonds is 7. The van der Waals surface area contributed by atoms with Crippen LogP contribution in [0.5, 0.6) is 0 Å². The van der Waals surface area contributed by atoms with E-state index in [2.05, 4.69) is 39.6 Å². The van der Waals surface area contributed by atoms with E-state index in [0.29, 0.717) is 12.8 Å². The number of carbonyl (C=O) groups is 1. The van der Waals surface area contributed by atoms with E-state index in [-0.39, 0.29) is 5.78 Å². The number of benzene rings is 2. The molecule has 0 unspecified atom stereocenters. The molecule has 2 aromatic carbocycles. The molecule has 0 fully saturated rings. The third kappa shape index (κ3) is 4.26. The highest BCUT2D eigenvalue weighted by molar-refractivity contribution is 5.81. The van der Waals surface area contributed by atoms with Crippen LogP contribution in [-0.4, -0.2) is 21.1 Å². The van der Waals surface area contributed by atoms with Crippen LogP contribution in [0.4, 0.5) is 0 Å². The van der Waals surface area contributed by atoms with Gasteiger partial charge in [0.2, 0.25) is 0 Å². The molecule has 5 heteroatoms. The number of nitrogens with zero attached hydrogens (tertiary/aromatic N) is 3. The fraction of sp³-hybridized carbons (Fsp3) is 0.182. The molecule has 4 aromatic rings. The van der Waals surface area contributed by atoms with Crippen molar-refractivity contribution in [3.05, 3.63) is 78.1 Å². The molecule has 0 radical (unpaired) electrons. The molecular weight excluding hydrogens is 338 g/mol. The van der Waals surface area contributed by atoms with Gasteiger partial charge in [0, 0.05) is 25.2 Å². The fourth-order valence-electron chi connectivity index (χ4n) is 3.13. The van der Waals surface area contributed by atoms with Crippen LogP contribution in [0.1, 0.15) is 24.0 Å². The molecule has 27 heavy (non-hydrogen) atoms. The number of fused-ring (bicyclic) bond motifs is 1. The van der Waals surface area contributed by atoms with E-state index in [9.17, 15) is 4.79 Å². The highest BCUT2D eigenvalue weighted by Crippen LogP contribution is 2.23. The van der Waals surface area contributed by atoms with Crippen molar-refractivity contribution >= 4 is 16.8 Å². The first-order valence-electron chi connectivity index (χ1n) is 9.00. The smallest absolute Gasteiger partial charge is 0.137 e. The Morgan fingerprint density at radius 2 is 1.70 bits per heavy atom. The van der Waals surface area contributed by atoms with Gasteiger partial charge in [-0.1, -0.05) is 36.4 Å². The van der Waals surface area contributed by atoms with E-state index < -0.39 is 0 Å². The summed E-state index contributed by atoms with van der Waals surface area (Å²) >= 11 is 0. The minimum absolute atomic E-state index is 0.258. The summed E-state index contributed by atoms with van der Waals surface area (Å²) in [5.41, 5.74) is 5.92. The molecule has 0 N–H and O–H groups in total. The summed E-state index contributed by atoms with van der Waals surface area (Å²) in [6.45, 7) is 0. The topological polar surface area (TPSA) is 68.9 Å². The first kappa shape index (κ1) is 17.1. The number of hydrogen-bond donors (Lipinski definition) is 0. The summed E-state index contributed by atoms with van der Waals surface area (Å²) in [4.78, 5) is 16.1. The zero-order valence-electron chi connectivity index (χ0n) is 14.8. The summed E-state index contributed by atoms with van der Waals surface area (Å²) in [6.07, 6.45) is 6.28. The molecule has 0 aliphatic carbocycles. The first-order valence-corrected chi connectivity index (χ1v) is 9.00. The van der Waals surface area contributed by atoms with Crippen molar-refractivity contribution in [2.45, 2.75) is 25.7 Å². The van der Waals surface area contributed by atoms with Gasteiger partial charge in [-0.2, -0.15) is 0 Å². The fourth-order valence-corrected chi connectivity index (χ4v) is 3.13. The molecule has 0 saturated carbocycles. The summed E-state index contributed by atoms with van der Waals surface area (Å²) in [5, 5.41) is 7.71. The lowest BCUT2D eigenvalue weighted by molar-refractivity contribution is -0.118. The van der Waals surface area contributed by atoms with Crippen molar-refractivity contribution in [3.63, 3.8) is 0 Å². The molecule has 5 nitrogen and oxygen atoms in total. The second kappa shape index (κ2) is 7.91. The van der Waals surface area contributed by atoms with Gasteiger partial charge in [0.05, 0.1) is 0 Å². The Morgan fingerprint density at radius 3 is 2.52 bits per heavy atom. The molecule has 0 amide bonds. The number of aryl methyl sites for hydroxylation is 1. The van der Waals surface area contributed by atoms with Gasteiger partial charge in [0.15, 0.2) is 0 Å². The van der Waals surface area contributed by atoms with Crippen molar-refractivity contribution in [3.8, 4) is 11.1 Å². The quantitative estimate of drug-likeness (QED) is 0.490. The Hall–Kier alpha value is -3.34. The molecule has 0 bridgehead atoms. The molecule has 4 rings (SSSR count). The summed E-state index contributed by atoms with van der Waals surface area (Å²) in [7, 11) is 0. The maximum absolute atomic E-state index is 12.1. The van der Waals surface area contributed by atoms with E-state index in [0.717, 1.165) is 40.6 Å². The number of carbonyl (C=O) groups excluding carboxylic acids is 1. The van der Waals surface area contributed by atoms with Gasteiger partial charge in [-0.15, -0.1) is 0 Å². The van der Waals surface area contributed by atoms with E-state index in [1.807, 2.05) is 30.3 Å². The lowest BCUT2D eigenvalue weighted by Gasteiger charge is -2.05. The SMILES string of the molecule is O=C(CCCc1ccc(-c2ccc3nonc3c2)cc1)Cc1cccnc1. The van der Waals surface area contributed by atoms with Crippen molar-refractivity contribution in [1.82, 2.24) is 15.3 Å². The van der Waals surface area contributed by atoms with Crippen LogP contribution in [0.3, 0.4) is 0 Å². The average Bonchev–Trinajstić information content (AvgIpc) is 3.17. The molecule has 0 spiro atoms. The molecule has 134 valence electrons. The molecule has 2 heterocycles. The Labute approximate surface area is 157 Å². The highest BCUT2D eigenvalue weighted by Gasteiger charge is 2.06. The van der Waals surface area contributed by atoms with Crippen molar-refractivity contribution in [2.75, 3.05) is 0 Å². The summed E-state index contributed by atoms with van der Waals surface area (Å²) in [5.74, 6) is 0.258. The lowest BCUT2D eigenvalue weighted by atomic mass is 10.00. The number of ketones is 1. The normalized spacial score (nSPS) is 11.0. The van der Waals surface area contributed by atoms with Crippen LogP contribution >= 0.6 is 0 Å². The lowest BCUT2D eigenvalue weighted by Crippen LogP contribution is -2.03. The minimum atomic E-state index is 0.258. The van der Waals surface area contributed by atoms with Gasteiger partial charge < -0.3 is 0 Å². The zero-order chi connectivity index (χ0) is 18.5. The Kier molecular flexibility index (Phi) is 5.01. The van der Waals surface area contributed by atoms with Gasteiger partial charge in [-0.3, -0.25) is 9.78 Å². The van der Waals surface area contributed by atoms with E-state index in [1.54, 1.807) is 12.4 Å². The maximum atomic E-state index is 12.1. The Balaban J connectivity index is 1.32. The monoisotopic (exact) mass is 357 g/mol. The van der Waals surface area contributed by atoms with Crippen LogP contribution in [-0.2, 0) is 17.6 Å². The molecule has 0 aliphatic rings. The minimum Gasteiger partial charge on any atom is -0.299 e. The van der Waals surface area contributed by atoms with Gasteiger partial charge in [0.1, 0.15) is 16.8 Å². The number of pyridine rings is 1. The van der Waals surface area contributed by atoms with Crippen LogP contribution in [0.15, 0.2) is 71.6 Å². The maximum Gasteiger partial charge on any atom is 0.137 e. The van der Waals surface area contributed by atoms with Crippen LogP contribution in [0.2, 0.25) is 0 Å². The summed E-state index contributed by atoms with van der Waals surface area (Å²) < 4.78 is 4.74. The zero-order valence-corrected chi connectivity index (χ0v) is 14.8. The van der Waals surface area contributed by atoms with Gasteiger partial charge in [-0.05, 0) is 63.6 Å². The predicted molar refractivity (Wildman–Crippen MR) is 103 cm³/mol. The molecule has 0 atom stereocenters. The summed E-state index contributed by atoms with van der Waals surface area (Å²) in [6, 6.07) is 18.1. The van der Waals surface area contributed by atoms with Crippen LogP contribution in [0, 0.1) is 0 Å². The third-order valence-corrected chi connectivity index (χ3v) is 4.59. The molecule has 0 saturated heterocycles. The third-order valence-electron chi connectivity index (χ3n) is 4.59. The number of hydrogen-bond acceptors (Lipinski definition) is 5. The van der Waals surface area contributed by atoms with Gasteiger partial charge in [-0.25, -0.2) is 4.63 Å². The molecule has 0 aliphatic heterocycles. The van der Waals surface area contributed by atoms with E-state index in [4.69, 9.17) is 4.63 Å². The van der Waals surface area contributed by atoms with Crippen molar-refractivity contribution < 1.29 is 9.42 Å². The van der Waals surface area contributed by atoms with Crippen molar-refractivity contribution in [2.24, 2.45) is 0 Å². The van der Waals surface area contributed by atoms with E-state index >= 15 is 0 Å². The Morgan fingerprint density at radius 1 is 0.889 bits per heavy atom. The van der Waals surface area contributed by atoms with Crippen molar-refractivity contribution in [1.29, 1.82) is 0 Å². The van der Waals surface area contributed by atoms with E-state index in [1.165, 1.54) is 5.56 Å². The largest absolute Gasteiger partial charge is 0.299 e.